The quantitative estimate of drug-likeness (QED) is 0.784. The topological polar surface area (TPSA) is 59.5 Å². The summed E-state index contributed by atoms with van der Waals surface area (Å²) in [6.45, 7) is 5.10. The van der Waals surface area contributed by atoms with Crippen LogP contribution in [0, 0.1) is 12.8 Å². The van der Waals surface area contributed by atoms with Gasteiger partial charge < -0.3 is 9.64 Å². The van der Waals surface area contributed by atoms with Gasteiger partial charge in [0.15, 0.2) is 6.61 Å². The average molecular weight is 361 g/mol. The molecule has 0 saturated carbocycles. The van der Waals surface area contributed by atoms with Crippen molar-refractivity contribution < 1.29 is 14.3 Å². The first kappa shape index (κ1) is 17.7. The van der Waals surface area contributed by atoms with Crippen LogP contribution in [0.2, 0.25) is 5.02 Å². The number of aryl methyl sites for hydroxylation is 1. The molecule has 1 atom stereocenters. The van der Waals surface area contributed by atoms with Gasteiger partial charge in [-0.1, -0.05) is 18.5 Å². The monoisotopic (exact) mass is 360 g/mol. The van der Waals surface area contributed by atoms with E-state index in [4.69, 9.17) is 16.3 Å². The van der Waals surface area contributed by atoms with E-state index in [1.807, 2.05) is 0 Å². The number of carbonyl (C=O) groups excluding carboxylic acids is 2. The summed E-state index contributed by atoms with van der Waals surface area (Å²) in [6.07, 6.45) is 2.13. The molecule has 0 aliphatic carbocycles. The number of carbonyl (C=O) groups is 2. The van der Waals surface area contributed by atoms with Crippen molar-refractivity contribution in [3.8, 4) is 0 Å². The zero-order chi connectivity index (χ0) is 18.0. The molecule has 0 radical (unpaired) electrons. The number of halogens is 1. The van der Waals surface area contributed by atoms with Gasteiger partial charge in [0, 0.05) is 23.5 Å². The van der Waals surface area contributed by atoms with Crippen molar-refractivity contribution in [3.05, 3.63) is 40.5 Å². The highest BCUT2D eigenvalue weighted by atomic mass is 35.5. The molecule has 0 spiro atoms. The number of pyridine rings is 1. The lowest BCUT2D eigenvalue weighted by atomic mass is 10.0. The number of benzene rings is 1. The van der Waals surface area contributed by atoms with E-state index in [0.717, 1.165) is 36.8 Å². The fourth-order valence-corrected chi connectivity index (χ4v) is 3.34. The lowest BCUT2D eigenvalue weighted by molar-refractivity contribution is -0.136. The van der Waals surface area contributed by atoms with Gasteiger partial charge in [-0.05, 0) is 49.9 Å². The van der Waals surface area contributed by atoms with Crippen molar-refractivity contribution in [2.75, 3.05) is 19.7 Å². The Balaban J connectivity index is 1.69. The summed E-state index contributed by atoms with van der Waals surface area (Å²) in [5, 5.41) is 1.34. The molecule has 25 heavy (non-hydrogen) atoms. The second-order valence-electron chi connectivity index (χ2n) is 6.62. The maximum Gasteiger partial charge on any atom is 0.340 e. The van der Waals surface area contributed by atoms with Gasteiger partial charge in [0.25, 0.3) is 5.91 Å². The molecule has 0 N–H and O–H groups in total. The summed E-state index contributed by atoms with van der Waals surface area (Å²) in [6, 6.07) is 7.02. The Hall–Kier alpha value is -2.14. The molecule has 6 heteroatoms. The fraction of sp³-hybridized carbons (Fsp3) is 0.421. The summed E-state index contributed by atoms with van der Waals surface area (Å²) in [7, 11) is 0. The molecule has 2 aromatic rings. The third-order valence-corrected chi connectivity index (χ3v) is 4.76. The van der Waals surface area contributed by atoms with E-state index in [1.54, 1.807) is 36.1 Å². The minimum absolute atomic E-state index is 0.144. The van der Waals surface area contributed by atoms with Gasteiger partial charge in [0.2, 0.25) is 0 Å². The molecule has 1 aliphatic heterocycles. The minimum Gasteiger partial charge on any atom is -0.452 e. The van der Waals surface area contributed by atoms with E-state index in [1.165, 1.54) is 0 Å². The Labute approximate surface area is 151 Å². The van der Waals surface area contributed by atoms with Crippen molar-refractivity contribution in [1.29, 1.82) is 0 Å². The largest absolute Gasteiger partial charge is 0.452 e. The number of piperidine rings is 1. The van der Waals surface area contributed by atoms with Crippen molar-refractivity contribution in [2.24, 2.45) is 5.92 Å². The van der Waals surface area contributed by atoms with Crippen molar-refractivity contribution >= 4 is 34.4 Å². The molecule has 1 fully saturated rings. The van der Waals surface area contributed by atoms with Crippen molar-refractivity contribution in [3.63, 3.8) is 0 Å². The van der Waals surface area contributed by atoms with E-state index in [0.29, 0.717) is 22.2 Å². The summed E-state index contributed by atoms with van der Waals surface area (Å²) in [5.41, 5.74) is 1.69. The van der Waals surface area contributed by atoms with Crippen LogP contribution in [-0.4, -0.2) is 41.5 Å². The predicted molar refractivity (Wildman–Crippen MR) is 96.8 cm³/mol. The van der Waals surface area contributed by atoms with Crippen LogP contribution in [0.4, 0.5) is 0 Å². The second-order valence-corrected chi connectivity index (χ2v) is 7.06. The Morgan fingerprint density at radius 3 is 2.92 bits per heavy atom. The lowest BCUT2D eigenvalue weighted by Gasteiger charge is -2.30. The van der Waals surface area contributed by atoms with Crippen LogP contribution < -0.4 is 0 Å². The Kier molecular flexibility index (Phi) is 5.23. The standard InChI is InChI=1S/C19H21ClN2O3/c1-12-4-3-7-22(10-12)18(23)11-25-19(24)16-9-14-8-15(20)5-6-17(14)21-13(16)2/h5-6,8-9,12H,3-4,7,10-11H2,1-2H3. The number of ether oxygens (including phenoxy) is 1. The first-order valence-corrected chi connectivity index (χ1v) is 8.83. The molecule has 1 saturated heterocycles. The highest BCUT2D eigenvalue weighted by molar-refractivity contribution is 6.31. The molecule has 1 aliphatic rings. The highest BCUT2D eigenvalue weighted by Crippen LogP contribution is 2.21. The number of likely N-dealkylation sites (tertiary alicyclic amines) is 1. The second kappa shape index (κ2) is 7.40. The van der Waals surface area contributed by atoms with Gasteiger partial charge >= 0.3 is 5.97 Å². The van der Waals surface area contributed by atoms with Crippen LogP contribution >= 0.6 is 11.6 Å². The van der Waals surface area contributed by atoms with E-state index >= 15 is 0 Å². The first-order valence-electron chi connectivity index (χ1n) is 8.46. The zero-order valence-electron chi connectivity index (χ0n) is 14.4. The zero-order valence-corrected chi connectivity index (χ0v) is 15.2. The number of hydrogen-bond donors (Lipinski definition) is 0. The molecule has 1 amide bonds. The number of nitrogens with zero attached hydrogens (tertiary/aromatic N) is 2. The average Bonchev–Trinajstić information content (AvgIpc) is 2.59. The number of esters is 1. The molecule has 2 heterocycles. The van der Waals surface area contributed by atoms with Gasteiger partial charge in [0.1, 0.15) is 0 Å². The van der Waals surface area contributed by atoms with Crippen LogP contribution in [0.1, 0.15) is 35.8 Å². The Bertz CT molecular complexity index is 822. The van der Waals surface area contributed by atoms with Gasteiger partial charge in [0.05, 0.1) is 16.8 Å². The number of hydrogen-bond acceptors (Lipinski definition) is 4. The van der Waals surface area contributed by atoms with E-state index in [2.05, 4.69) is 11.9 Å². The molecule has 1 unspecified atom stereocenters. The van der Waals surface area contributed by atoms with Gasteiger partial charge in [-0.2, -0.15) is 0 Å². The number of fused-ring (bicyclic) bond motifs is 1. The first-order chi connectivity index (χ1) is 11.9. The van der Waals surface area contributed by atoms with Gasteiger partial charge in [-0.25, -0.2) is 4.79 Å². The minimum atomic E-state index is -0.537. The number of amides is 1. The van der Waals surface area contributed by atoms with Crippen LogP contribution in [0.3, 0.4) is 0 Å². The maximum atomic E-state index is 12.4. The maximum absolute atomic E-state index is 12.4. The number of aromatic nitrogens is 1. The van der Waals surface area contributed by atoms with Crippen LogP contribution in [0.15, 0.2) is 24.3 Å². The van der Waals surface area contributed by atoms with Crippen molar-refractivity contribution in [2.45, 2.75) is 26.7 Å². The predicted octanol–water partition coefficient (Wildman–Crippen LogP) is 3.61. The third-order valence-electron chi connectivity index (χ3n) is 4.52. The molecule has 1 aromatic heterocycles. The molecule has 132 valence electrons. The molecule has 0 bridgehead atoms. The van der Waals surface area contributed by atoms with Gasteiger partial charge in [-0.3, -0.25) is 9.78 Å². The summed E-state index contributed by atoms with van der Waals surface area (Å²) < 4.78 is 5.24. The summed E-state index contributed by atoms with van der Waals surface area (Å²) in [4.78, 5) is 30.8. The molecule has 3 rings (SSSR count). The summed E-state index contributed by atoms with van der Waals surface area (Å²) in [5.74, 6) is -0.190. The lowest BCUT2D eigenvalue weighted by Crippen LogP contribution is -2.41. The normalized spacial score (nSPS) is 17.6. The third kappa shape index (κ3) is 4.10. The summed E-state index contributed by atoms with van der Waals surface area (Å²) >= 11 is 6.00. The Morgan fingerprint density at radius 1 is 1.36 bits per heavy atom. The van der Waals surface area contributed by atoms with E-state index < -0.39 is 5.97 Å². The molecule has 1 aromatic carbocycles. The smallest absolute Gasteiger partial charge is 0.340 e. The van der Waals surface area contributed by atoms with Crippen LogP contribution in [-0.2, 0) is 9.53 Å². The Morgan fingerprint density at radius 2 is 2.16 bits per heavy atom. The number of rotatable bonds is 3. The molecular formula is C19H21ClN2O3. The molecule has 5 nitrogen and oxygen atoms in total. The van der Waals surface area contributed by atoms with Gasteiger partial charge in [-0.15, -0.1) is 0 Å². The van der Waals surface area contributed by atoms with Crippen LogP contribution in [0.25, 0.3) is 10.9 Å². The van der Waals surface area contributed by atoms with E-state index in [-0.39, 0.29) is 12.5 Å². The van der Waals surface area contributed by atoms with Crippen molar-refractivity contribution in [1.82, 2.24) is 9.88 Å². The molecular weight excluding hydrogens is 340 g/mol. The SMILES string of the molecule is Cc1nc2ccc(Cl)cc2cc1C(=O)OCC(=O)N1CCCC(C)C1. The van der Waals surface area contributed by atoms with Crippen LogP contribution in [0.5, 0.6) is 0 Å². The highest BCUT2D eigenvalue weighted by Gasteiger charge is 2.22. The fourth-order valence-electron chi connectivity index (χ4n) is 3.16. The van der Waals surface area contributed by atoms with E-state index in [9.17, 15) is 9.59 Å².